The second kappa shape index (κ2) is 6.57. The Kier molecular flexibility index (Phi) is 4.77. The Hall–Kier alpha value is -0.410. The third-order valence-corrected chi connectivity index (χ3v) is 5.85. The van der Waals surface area contributed by atoms with Crippen LogP contribution in [0.2, 0.25) is 0 Å². The van der Waals surface area contributed by atoms with Crippen molar-refractivity contribution in [3.63, 3.8) is 0 Å². The van der Waals surface area contributed by atoms with Crippen LogP contribution in [0.1, 0.15) is 57.2 Å². The second-order valence-electron chi connectivity index (χ2n) is 6.55. The maximum absolute atomic E-state index is 4.63. The number of fused-ring (bicyclic) bond motifs is 2. The summed E-state index contributed by atoms with van der Waals surface area (Å²) in [5.74, 6) is 2.94. The van der Waals surface area contributed by atoms with E-state index in [1.54, 1.807) is 0 Å². The van der Waals surface area contributed by atoms with Crippen molar-refractivity contribution in [2.24, 2.45) is 17.8 Å². The molecule has 0 radical (unpaired) electrons. The van der Waals surface area contributed by atoms with Gasteiger partial charge in [0.15, 0.2) is 0 Å². The van der Waals surface area contributed by atoms with Gasteiger partial charge in [-0.1, -0.05) is 13.3 Å². The lowest BCUT2D eigenvalue weighted by molar-refractivity contribution is 0.277. The van der Waals surface area contributed by atoms with Crippen LogP contribution < -0.4 is 5.32 Å². The van der Waals surface area contributed by atoms with Crippen molar-refractivity contribution >= 4 is 15.9 Å². The average Bonchev–Trinajstić information content (AvgIpc) is 3.06. The number of nitrogens with zero attached hydrogens (tertiary/aromatic N) is 1. The summed E-state index contributed by atoms with van der Waals surface area (Å²) in [6, 6.07) is 4.53. The fourth-order valence-electron chi connectivity index (χ4n) is 4.23. The number of pyridine rings is 1. The molecule has 110 valence electrons. The molecule has 2 nitrogen and oxygen atoms in total. The van der Waals surface area contributed by atoms with Crippen molar-refractivity contribution in [3.8, 4) is 0 Å². The summed E-state index contributed by atoms with van der Waals surface area (Å²) in [5, 5.41) is 3.72. The van der Waals surface area contributed by atoms with Gasteiger partial charge in [-0.2, -0.15) is 0 Å². The minimum absolute atomic E-state index is 0.412. The van der Waals surface area contributed by atoms with Gasteiger partial charge in [-0.05, 0) is 84.5 Å². The number of nitrogens with one attached hydrogen (secondary N) is 1. The van der Waals surface area contributed by atoms with Crippen molar-refractivity contribution in [1.29, 1.82) is 0 Å². The van der Waals surface area contributed by atoms with Gasteiger partial charge in [-0.15, -0.1) is 0 Å². The predicted molar refractivity (Wildman–Crippen MR) is 86.5 cm³/mol. The maximum atomic E-state index is 4.63. The summed E-state index contributed by atoms with van der Waals surface area (Å²) in [5.41, 5.74) is 1.20. The van der Waals surface area contributed by atoms with Crippen LogP contribution in [-0.4, -0.2) is 11.5 Å². The number of hydrogen-bond acceptors (Lipinski definition) is 2. The van der Waals surface area contributed by atoms with Crippen molar-refractivity contribution in [2.75, 3.05) is 6.54 Å². The average molecular weight is 337 g/mol. The molecule has 1 heterocycles. The van der Waals surface area contributed by atoms with Crippen LogP contribution in [0.4, 0.5) is 0 Å². The molecule has 2 aliphatic rings. The van der Waals surface area contributed by atoms with E-state index in [2.05, 4.69) is 39.2 Å². The predicted octanol–water partition coefficient (Wildman–Crippen LogP) is 4.71. The zero-order valence-corrected chi connectivity index (χ0v) is 13.9. The first-order valence-electron chi connectivity index (χ1n) is 8.11. The number of rotatable bonds is 6. The molecular formula is C17H25BrN2. The molecule has 2 saturated carbocycles. The number of halogens is 1. The van der Waals surface area contributed by atoms with Gasteiger partial charge in [-0.25, -0.2) is 0 Å². The minimum atomic E-state index is 0.412. The van der Waals surface area contributed by atoms with E-state index < -0.39 is 0 Å². The summed E-state index contributed by atoms with van der Waals surface area (Å²) in [7, 11) is 0. The smallest absolute Gasteiger partial charge is 0.0714 e. The van der Waals surface area contributed by atoms with Crippen LogP contribution >= 0.6 is 15.9 Å². The molecule has 0 spiro atoms. The summed E-state index contributed by atoms with van der Waals surface area (Å²) in [6.07, 6.45) is 10.3. The zero-order valence-electron chi connectivity index (χ0n) is 12.3. The molecule has 3 heteroatoms. The second-order valence-corrected chi connectivity index (χ2v) is 7.40. The first kappa shape index (κ1) is 14.5. The molecule has 0 aliphatic heterocycles. The van der Waals surface area contributed by atoms with E-state index in [0.29, 0.717) is 6.04 Å². The van der Waals surface area contributed by atoms with Crippen LogP contribution in [0.25, 0.3) is 0 Å². The molecule has 1 aromatic heterocycles. The SMILES string of the molecule is CCCNC(CC1CC2CCC1C2)c1ncccc1Br. The van der Waals surface area contributed by atoms with Crippen molar-refractivity contribution in [2.45, 2.75) is 51.5 Å². The van der Waals surface area contributed by atoms with Crippen molar-refractivity contribution < 1.29 is 0 Å². The highest BCUT2D eigenvalue weighted by Crippen LogP contribution is 2.51. The van der Waals surface area contributed by atoms with Gasteiger partial charge in [0.25, 0.3) is 0 Å². The third kappa shape index (κ3) is 3.09. The van der Waals surface area contributed by atoms with Crippen LogP contribution in [-0.2, 0) is 0 Å². The van der Waals surface area contributed by atoms with Gasteiger partial charge >= 0.3 is 0 Å². The Bertz CT molecular complexity index is 448. The van der Waals surface area contributed by atoms with E-state index in [-0.39, 0.29) is 0 Å². The van der Waals surface area contributed by atoms with E-state index in [0.717, 1.165) is 28.8 Å². The summed E-state index contributed by atoms with van der Waals surface area (Å²) in [4.78, 5) is 4.63. The molecule has 0 saturated heterocycles. The summed E-state index contributed by atoms with van der Waals surface area (Å²) in [6.45, 7) is 3.31. The highest BCUT2D eigenvalue weighted by atomic mass is 79.9. The van der Waals surface area contributed by atoms with Gasteiger partial charge in [0.05, 0.1) is 11.7 Å². The van der Waals surface area contributed by atoms with E-state index >= 15 is 0 Å². The van der Waals surface area contributed by atoms with Gasteiger partial charge < -0.3 is 5.32 Å². The van der Waals surface area contributed by atoms with Crippen molar-refractivity contribution in [1.82, 2.24) is 10.3 Å². The maximum Gasteiger partial charge on any atom is 0.0714 e. The Morgan fingerprint density at radius 1 is 1.40 bits per heavy atom. The lowest BCUT2D eigenvalue weighted by Crippen LogP contribution is -2.27. The first-order chi connectivity index (χ1) is 9.78. The topological polar surface area (TPSA) is 24.9 Å². The van der Waals surface area contributed by atoms with Crippen LogP contribution in [0.5, 0.6) is 0 Å². The van der Waals surface area contributed by atoms with E-state index in [9.17, 15) is 0 Å². The molecular weight excluding hydrogens is 312 g/mol. The Morgan fingerprint density at radius 2 is 2.30 bits per heavy atom. The van der Waals surface area contributed by atoms with E-state index in [1.165, 1.54) is 44.2 Å². The lowest BCUT2D eigenvalue weighted by atomic mass is 9.83. The molecule has 2 fully saturated rings. The monoisotopic (exact) mass is 336 g/mol. The Morgan fingerprint density at radius 3 is 2.95 bits per heavy atom. The van der Waals surface area contributed by atoms with Gasteiger partial charge in [0.2, 0.25) is 0 Å². The molecule has 20 heavy (non-hydrogen) atoms. The fraction of sp³-hybridized carbons (Fsp3) is 0.706. The van der Waals surface area contributed by atoms with Gasteiger partial charge in [0.1, 0.15) is 0 Å². The minimum Gasteiger partial charge on any atom is -0.309 e. The first-order valence-corrected chi connectivity index (χ1v) is 8.91. The lowest BCUT2D eigenvalue weighted by Gasteiger charge is -2.27. The highest BCUT2D eigenvalue weighted by Gasteiger charge is 2.40. The number of aromatic nitrogens is 1. The quantitative estimate of drug-likeness (QED) is 0.813. The summed E-state index contributed by atoms with van der Waals surface area (Å²) < 4.78 is 1.15. The molecule has 4 atom stereocenters. The molecule has 0 aromatic carbocycles. The summed E-state index contributed by atoms with van der Waals surface area (Å²) >= 11 is 3.68. The molecule has 2 bridgehead atoms. The van der Waals surface area contributed by atoms with Gasteiger partial charge in [0, 0.05) is 10.7 Å². The van der Waals surface area contributed by atoms with Crippen LogP contribution in [0, 0.1) is 17.8 Å². The fourth-order valence-corrected chi connectivity index (χ4v) is 4.76. The third-order valence-electron chi connectivity index (χ3n) is 5.18. The number of hydrogen-bond donors (Lipinski definition) is 1. The molecule has 1 N–H and O–H groups in total. The molecule has 1 aromatic rings. The zero-order chi connectivity index (χ0) is 13.9. The standard InChI is InChI=1S/C17H25BrN2/c1-2-7-19-16(17-15(18)4-3-8-20-17)11-14-10-12-5-6-13(14)9-12/h3-4,8,12-14,16,19H,2,5-7,9-11H2,1H3. The molecule has 0 amide bonds. The van der Waals surface area contributed by atoms with Crippen LogP contribution in [0.15, 0.2) is 22.8 Å². The highest BCUT2D eigenvalue weighted by molar-refractivity contribution is 9.10. The molecule has 2 aliphatic carbocycles. The largest absolute Gasteiger partial charge is 0.309 e. The molecule has 3 rings (SSSR count). The van der Waals surface area contributed by atoms with E-state index in [4.69, 9.17) is 0 Å². The van der Waals surface area contributed by atoms with Gasteiger partial charge in [-0.3, -0.25) is 4.98 Å². The Balaban J connectivity index is 1.71. The normalized spacial score (nSPS) is 29.8. The molecule has 4 unspecified atom stereocenters. The van der Waals surface area contributed by atoms with Crippen LogP contribution in [0.3, 0.4) is 0 Å². The Labute approximate surface area is 130 Å². The van der Waals surface area contributed by atoms with Crippen molar-refractivity contribution in [3.05, 3.63) is 28.5 Å². The van der Waals surface area contributed by atoms with E-state index in [1.807, 2.05) is 12.3 Å².